The highest BCUT2D eigenvalue weighted by atomic mass is 19.4. The van der Waals surface area contributed by atoms with E-state index in [2.05, 4.69) is 20.5 Å². The number of amides is 1. The summed E-state index contributed by atoms with van der Waals surface area (Å²) >= 11 is 0. The van der Waals surface area contributed by atoms with Gasteiger partial charge in [-0.15, -0.1) is 5.10 Å². The van der Waals surface area contributed by atoms with Crippen LogP contribution in [0.5, 0.6) is 5.88 Å². The van der Waals surface area contributed by atoms with Crippen molar-refractivity contribution in [3.05, 3.63) is 60.0 Å². The molecule has 0 spiro atoms. The van der Waals surface area contributed by atoms with E-state index < -0.39 is 18.0 Å². The maximum absolute atomic E-state index is 12.7. The maximum Gasteiger partial charge on any atom is 0.433 e. The summed E-state index contributed by atoms with van der Waals surface area (Å²) in [5.41, 5.74) is 0.0673. The largest absolute Gasteiger partial charge is 0.471 e. The SMILES string of the molecule is O=C(c1cccc(-n2cnnn2)c1)N1CC(Oc2cccc(C(F)(F)F)n2)C1. The number of halogens is 3. The molecule has 0 aliphatic carbocycles. The summed E-state index contributed by atoms with van der Waals surface area (Å²) < 4.78 is 45.0. The normalized spacial score (nSPS) is 14.6. The number of carbonyl (C=O) groups excluding carboxylic acids is 1. The quantitative estimate of drug-likeness (QED) is 0.677. The van der Waals surface area contributed by atoms with Crippen LogP contribution in [-0.4, -0.2) is 55.2 Å². The number of carbonyl (C=O) groups is 1. The molecule has 28 heavy (non-hydrogen) atoms. The van der Waals surface area contributed by atoms with E-state index in [1.165, 1.54) is 28.0 Å². The average molecular weight is 390 g/mol. The van der Waals surface area contributed by atoms with Crippen LogP contribution >= 0.6 is 0 Å². The van der Waals surface area contributed by atoms with Gasteiger partial charge in [-0.1, -0.05) is 12.1 Å². The van der Waals surface area contributed by atoms with E-state index in [9.17, 15) is 18.0 Å². The Balaban J connectivity index is 1.38. The van der Waals surface area contributed by atoms with Crippen molar-refractivity contribution in [3.63, 3.8) is 0 Å². The molecule has 11 heteroatoms. The van der Waals surface area contributed by atoms with Gasteiger partial charge in [-0.3, -0.25) is 4.79 Å². The number of pyridine rings is 1. The van der Waals surface area contributed by atoms with Gasteiger partial charge in [0.05, 0.1) is 18.8 Å². The molecule has 2 aromatic heterocycles. The van der Waals surface area contributed by atoms with Crippen molar-refractivity contribution in [2.24, 2.45) is 0 Å². The van der Waals surface area contributed by atoms with Crippen molar-refractivity contribution in [1.82, 2.24) is 30.1 Å². The molecular formula is C17H13F3N6O2. The standard InChI is InChI=1S/C17H13F3N6O2/c18-17(19,20)14-5-2-6-15(22-14)28-13-8-25(9-13)16(27)11-3-1-4-12(7-11)26-10-21-23-24-26/h1-7,10,13H,8-9H2. The number of rotatable bonds is 4. The van der Waals surface area contributed by atoms with Gasteiger partial charge in [-0.05, 0) is 34.7 Å². The Morgan fingerprint density at radius 3 is 2.64 bits per heavy atom. The number of alkyl halides is 3. The number of benzene rings is 1. The monoisotopic (exact) mass is 390 g/mol. The Morgan fingerprint density at radius 1 is 1.14 bits per heavy atom. The fourth-order valence-electron chi connectivity index (χ4n) is 2.73. The van der Waals surface area contributed by atoms with Crippen LogP contribution in [-0.2, 0) is 6.18 Å². The van der Waals surface area contributed by atoms with Crippen LogP contribution in [0.4, 0.5) is 13.2 Å². The molecule has 144 valence electrons. The Hall–Kier alpha value is -3.50. The van der Waals surface area contributed by atoms with Gasteiger partial charge in [-0.25, -0.2) is 9.67 Å². The summed E-state index contributed by atoms with van der Waals surface area (Å²) in [6, 6.07) is 10.3. The first-order chi connectivity index (χ1) is 13.4. The molecule has 1 aliphatic rings. The topological polar surface area (TPSA) is 86.0 Å². The van der Waals surface area contributed by atoms with Gasteiger partial charge in [-0.2, -0.15) is 13.2 Å². The van der Waals surface area contributed by atoms with Crippen molar-refractivity contribution in [1.29, 1.82) is 0 Å². The Kier molecular flexibility index (Phi) is 4.41. The summed E-state index contributed by atoms with van der Waals surface area (Å²) in [7, 11) is 0. The van der Waals surface area contributed by atoms with Gasteiger partial charge in [0.1, 0.15) is 18.1 Å². The highest BCUT2D eigenvalue weighted by Gasteiger charge is 2.35. The predicted octanol–water partition coefficient (Wildman–Crippen LogP) is 1.98. The molecule has 1 amide bonds. The van der Waals surface area contributed by atoms with Crippen LogP contribution in [0.3, 0.4) is 0 Å². The molecule has 1 aliphatic heterocycles. The number of hydrogen-bond acceptors (Lipinski definition) is 6. The third-order valence-corrected chi connectivity index (χ3v) is 4.14. The zero-order valence-corrected chi connectivity index (χ0v) is 14.2. The number of ether oxygens (including phenoxy) is 1. The molecule has 0 unspecified atom stereocenters. The van der Waals surface area contributed by atoms with Crippen molar-refractivity contribution < 1.29 is 22.7 Å². The van der Waals surface area contributed by atoms with Gasteiger partial charge in [0.2, 0.25) is 5.88 Å². The lowest BCUT2D eigenvalue weighted by Crippen LogP contribution is -2.56. The Bertz CT molecular complexity index is 987. The lowest BCUT2D eigenvalue weighted by molar-refractivity contribution is -0.141. The van der Waals surface area contributed by atoms with Gasteiger partial charge in [0.25, 0.3) is 5.91 Å². The molecule has 1 saturated heterocycles. The molecule has 0 bridgehead atoms. The van der Waals surface area contributed by atoms with Gasteiger partial charge >= 0.3 is 6.18 Å². The molecule has 0 N–H and O–H groups in total. The summed E-state index contributed by atoms with van der Waals surface area (Å²) in [5, 5.41) is 10.9. The fraction of sp³-hybridized carbons (Fsp3) is 0.235. The van der Waals surface area contributed by atoms with Crippen molar-refractivity contribution in [3.8, 4) is 11.6 Å². The highest BCUT2D eigenvalue weighted by Crippen LogP contribution is 2.29. The predicted molar refractivity (Wildman–Crippen MR) is 88.7 cm³/mol. The number of hydrogen-bond donors (Lipinski definition) is 0. The first kappa shape index (κ1) is 17.9. The summed E-state index contributed by atoms with van der Waals surface area (Å²) in [6.45, 7) is 0.512. The summed E-state index contributed by atoms with van der Waals surface area (Å²) in [6.07, 6.45) is -3.53. The maximum atomic E-state index is 12.7. The minimum absolute atomic E-state index is 0.118. The van der Waals surface area contributed by atoms with E-state index in [1.807, 2.05) is 0 Å². The second-order valence-electron chi connectivity index (χ2n) is 6.11. The van der Waals surface area contributed by atoms with Gasteiger partial charge < -0.3 is 9.64 Å². The Morgan fingerprint density at radius 2 is 1.93 bits per heavy atom. The second-order valence-corrected chi connectivity index (χ2v) is 6.11. The third-order valence-electron chi connectivity index (χ3n) is 4.14. The van der Waals surface area contributed by atoms with E-state index in [0.29, 0.717) is 11.3 Å². The van der Waals surface area contributed by atoms with Crippen molar-refractivity contribution in [2.45, 2.75) is 12.3 Å². The first-order valence-corrected chi connectivity index (χ1v) is 8.24. The van der Waals surface area contributed by atoms with Gasteiger partial charge in [0.15, 0.2) is 0 Å². The molecule has 3 heterocycles. The van der Waals surface area contributed by atoms with E-state index >= 15 is 0 Å². The lowest BCUT2D eigenvalue weighted by Gasteiger charge is -2.38. The molecule has 8 nitrogen and oxygen atoms in total. The van der Waals surface area contributed by atoms with Crippen molar-refractivity contribution in [2.75, 3.05) is 13.1 Å². The van der Waals surface area contributed by atoms with Crippen LogP contribution < -0.4 is 4.74 Å². The summed E-state index contributed by atoms with van der Waals surface area (Å²) in [5.74, 6) is -0.334. The average Bonchev–Trinajstić information content (AvgIpc) is 3.18. The zero-order valence-electron chi connectivity index (χ0n) is 14.2. The first-order valence-electron chi connectivity index (χ1n) is 8.24. The Labute approximate surface area is 156 Å². The molecule has 1 aromatic carbocycles. The molecule has 4 rings (SSSR count). The van der Waals surface area contributed by atoms with Crippen LogP contribution in [0.25, 0.3) is 5.69 Å². The van der Waals surface area contributed by atoms with E-state index in [4.69, 9.17) is 4.74 Å². The second kappa shape index (κ2) is 6.91. The van der Waals surface area contributed by atoms with Crippen molar-refractivity contribution >= 4 is 5.91 Å². The van der Waals surface area contributed by atoms with Crippen LogP contribution in [0.2, 0.25) is 0 Å². The number of tetrazole rings is 1. The van der Waals surface area contributed by atoms with E-state index in [0.717, 1.165) is 6.07 Å². The molecule has 0 atom stereocenters. The van der Waals surface area contributed by atoms with Gasteiger partial charge in [0, 0.05) is 11.6 Å². The summed E-state index contributed by atoms with van der Waals surface area (Å²) in [4.78, 5) is 17.6. The van der Waals surface area contributed by atoms with Crippen LogP contribution in [0.15, 0.2) is 48.8 Å². The molecule has 3 aromatic rings. The number of aromatic nitrogens is 5. The minimum Gasteiger partial charge on any atom is -0.471 e. The number of nitrogens with zero attached hydrogens (tertiary/aromatic N) is 6. The fourth-order valence-corrected chi connectivity index (χ4v) is 2.73. The molecule has 0 saturated carbocycles. The van der Waals surface area contributed by atoms with Crippen LogP contribution in [0.1, 0.15) is 16.1 Å². The molecular weight excluding hydrogens is 377 g/mol. The highest BCUT2D eigenvalue weighted by molar-refractivity contribution is 5.95. The molecule has 1 fully saturated rings. The van der Waals surface area contributed by atoms with E-state index in [1.54, 1.807) is 24.3 Å². The smallest absolute Gasteiger partial charge is 0.433 e. The molecule has 0 radical (unpaired) electrons. The van der Waals surface area contributed by atoms with E-state index in [-0.39, 0.29) is 24.9 Å². The van der Waals surface area contributed by atoms with Crippen LogP contribution in [0, 0.1) is 0 Å². The minimum atomic E-state index is -4.54. The zero-order chi connectivity index (χ0) is 19.7. The number of likely N-dealkylation sites (tertiary alicyclic amines) is 1. The third kappa shape index (κ3) is 3.63. The lowest BCUT2D eigenvalue weighted by atomic mass is 10.1.